The molecule has 0 aliphatic heterocycles. The lowest BCUT2D eigenvalue weighted by Gasteiger charge is -2.20. The summed E-state index contributed by atoms with van der Waals surface area (Å²) in [4.78, 5) is 25.2. The molecule has 5 heteroatoms. The van der Waals surface area contributed by atoms with Crippen molar-refractivity contribution in [2.45, 2.75) is 31.8 Å². The molecule has 2 atom stereocenters. The van der Waals surface area contributed by atoms with Crippen molar-refractivity contribution in [2.24, 2.45) is 0 Å². The molecule has 0 heterocycles. The highest BCUT2D eigenvalue weighted by Gasteiger charge is 2.27. The van der Waals surface area contributed by atoms with Crippen LogP contribution < -0.4 is 15.5 Å². The predicted octanol–water partition coefficient (Wildman–Crippen LogP) is 0.960. The molecule has 2 aromatic carbocycles. The highest BCUT2D eigenvalue weighted by Crippen LogP contribution is 2.19. The Morgan fingerprint density at radius 1 is 1.17 bits per heavy atom. The second kappa shape index (κ2) is 7.01. The van der Waals surface area contributed by atoms with Crippen LogP contribution in [0.1, 0.15) is 19.8 Å². The highest BCUT2D eigenvalue weighted by atomic mass is 16.2. The Kier molecular flexibility index (Phi) is 4.81. The van der Waals surface area contributed by atoms with Gasteiger partial charge in [0.1, 0.15) is 0 Å². The highest BCUT2D eigenvalue weighted by molar-refractivity contribution is 5.96. The van der Waals surface area contributed by atoms with Gasteiger partial charge in [-0.15, -0.1) is 0 Å². The molecular formula is C19H24N3O2+. The van der Waals surface area contributed by atoms with E-state index in [4.69, 9.17) is 0 Å². The van der Waals surface area contributed by atoms with E-state index < -0.39 is 0 Å². The molecule has 0 aromatic heterocycles. The van der Waals surface area contributed by atoms with Crippen molar-refractivity contribution in [3.8, 4) is 0 Å². The van der Waals surface area contributed by atoms with E-state index in [1.54, 1.807) is 0 Å². The van der Waals surface area contributed by atoms with Crippen molar-refractivity contribution >= 4 is 28.3 Å². The number of nitrogens with one attached hydrogen (secondary N) is 3. The van der Waals surface area contributed by atoms with E-state index in [9.17, 15) is 9.59 Å². The Morgan fingerprint density at radius 3 is 2.58 bits per heavy atom. The lowest BCUT2D eigenvalue weighted by Crippen LogP contribution is -3.15. The maximum atomic E-state index is 12.4. The fourth-order valence-corrected chi connectivity index (χ4v) is 2.65. The first kappa shape index (κ1) is 16.5. The SMILES string of the molecule is C[C@H](C(=O)Nc1ccc2ccccc2c1)[NH+](C)CC(=O)NC1CC1. The van der Waals surface area contributed by atoms with Gasteiger partial charge in [-0.2, -0.15) is 0 Å². The molecule has 0 radical (unpaired) electrons. The van der Waals surface area contributed by atoms with Crippen LogP contribution in [-0.2, 0) is 9.59 Å². The second-order valence-corrected chi connectivity index (χ2v) is 6.64. The fraction of sp³-hybridized carbons (Fsp3) is 0.368. The van der Waals surface area contributed by atoms with Gasteiger partial charge in [0.25, 0.3) is 11.8 Å². The van der Waals surface area contributed by atoms with Gasteiger partial charge in [-0.25, -0.2) is 0 Å². The van der Waals surface area contributed by atoms with E-state index in [1.165, 1.54) is 0 Å². The molecule has 1 unspecified atom stereocenters. The molecule has 3 N–H and O–H groups in total. The van der Waals surface area contributed by atoms with Gasteiger partial charge in [0, 0.05) is 11.7 Å². The number of anilines is 1. The fourth-order valence-electron chi connectivity index (χ4n) is 2.65. The summed E-state index contributed by atoms with van der Waals surface area (Å²) in [6.07, 6.45) is 2.14. The Labute approximate surface area is 142 Å². The van der Waals surface area contributed by atoms with E-state index in [1.807, 2.05) is 56.4 Å². The number of likely N-dealkylation sites (N-methyl/N-ethyl adjacent to an activating group) is 1. The van der Waals surface area contributed by atoms with Crippen LogP contribution in [0, 0.1) is 0 Å². The minimum absolute atomic E-state index is 0.0142. The number of fused-ring (bicyclic) bond motifs is 1. The van der Waals surface area contributed by atoms with Crippen LogP contribution in [0.3, 0.4) is 0 Å². The molecule has 0 saturated heterocycles. The first-order valence-electron chi connectivity index (χ1n) is 8.44. The third kappa shape index (κ3) is 4.11. The molecular weight excluding hydrogens is 302 g/mol. The molecule has 1 aliphatic carbocycles. The molecule has 1 aliphatic rings. The summed E-state index contributed by atoms with van der Waals surface area (Å²) in [6, 6.07) is 14.0. The molecule has 0 spiro atoms. The zero-order valence-electron chi connectivity index (χ0n) is 14.1. The number of carbonyl (C=O) groups excluding carboxylic acids is 2. The summed E-state index contributed by atoms with van der Waals surface area (Å²) in [5.74, 6) is -0.0673. The molecule has 2 aromatic rings. The maximum Gasteiger partial charge on any atom is 0.282 e. The first-order valence-corrected chi connectivity index (χ1v) is 8.44. The number of quaternary nitrogens is 1. The third-order valence-corrected chi connectivity index (χ3v) is 4.53. The molecule has 1 fully saturated rings. The average Bonchev–Trinajstić information content (AvgIpc) is 3.37. The number of amides is 2. The Hall–Kier alpha value is -2.40. The standard InChI is InChI=1S/C19H23N3O2/c1-13(22(2)12-18(23)20-16-9-10-16)19(24)21-17-8-7-14-5-3-4-6-15(14)11-17/h3-8,11,13,16H,9-10,12H2,1-2H3,(H,20,23)(H,21,24)/p+1/t13-/m1/s1. The number of carbonyl (C=O) groups is 2. The predicted molar refractivity (Wildman–Crippen MR) is 95.0 cm³/mol. The summed E-state index contributed by atoms with van der Waals surface area (Å²) in [5, 5.41) is 8.14. The van der Waals surface area contributed by atoms with Crippen molar-refractivity contribution < 1.29 is 14.5 Å². The van der Waals surface area contributed by atoms with E-state index in [-0.39, 0.29) is 17.9 Å². The first-order chi connectivity index (χ1) is 11.5. The number of hydrogen-bond donors (Lipinski definition) is 3. The molecule has 3 rings (SSSR count). The largest absolute Gasteiger partial charge is 0.348 e. The third-order valence-electron chi connectivity index (χ3n) is 4.53. The topological polar surface area (TPSA) is 62.6 Å². The van der Waals surface area contributed by atoms with Gasteiger partial charge in [-0.1, -0.05) is 30.3 Å². The van der Waals surface area contributed by atoms with Crippen LogP contribution in [-0.4, -0.2) is 37.5 Å². The smallest absolute Gasteiger partial charge is 0.282 e. The van der Waals surface area contributed by atoms with Crippen LogP contribution in [0.25, 0.3) is 10.8 Å². The summed E-state index contributed by atoms with van der Waals surface area (Å²) < 4.78 is 0. The molecule has 5 nitrogen and oxygen atoms in total. The Bertz CT molecular complexity index is 755. The molecule has 1 saturated carbocycles. The monoisotopic (exact) mass is 326 g/mol. The summed E-state index contributed by atoms with van der Waals surface area (Å²) in [6.45, 7) is 2.15. The van der Waals surface area contributed by atoms with Crippen molar-refractivity contribution in [2.75, 3.05) is 18.9 Å². The van der Waals surface area contributed by atoms with Crippen molar-refractivity contribution in [3.63, 3.8) is 0 Å². The van der Waals surface area contributed by atoms with Gasteiger partial charge in [-0.05, 0) is 42.7 Å². The summed E-state index contributed by atoms with van der Waals surface area (Å²) in [5.41, 5.74) is 0.779. The average molecular weight is 326 g/mol. The van der Waals surface area contributed by atoms with E-state index in [0.29, 0.717) is 12.6 Å². The van der Waals surface area contributed by atoms with Crippen LogP contribution in [0.4, 0.5) is 5.69 Å². The zero-order chi connectivity index (χ0) is 17.1. The summed E-state index contributed by atoms with van der Waals surface area (Å²) >= 11 is 0. The zero-order valence-corrected chi connectivity index (χ0v) is 14.1. The lowest BCUT2D eigenvalue weighted by molar-refractivity contribution is -0.885. The van der Waals surface area contributed by atoms with Gasteiger partial charge >= 0.3 is 0 Å². The number of hydrogen-bond acceptors (Lipinski definition) is 2. The van der Waals surface area contributed by atoms with Crippen molar-refractivity contribution in [3.05, 3.63) is 42.5 Å². The van der Waals surface area contributed by atoms with Crippen LogP contribution in [0.5, 0.6) is 0 Å². The molecule has 24 heavy (non-hydrogen) atoms. The lowest BCUT2D eigenvalue weighted by atomic mass is 10.1. The van der Waals surface area contributed by atoms with Gasteiger partial charge in [-0.3, -0.25) is 9.59 Å². The Morgan fingerprint density at radius 2 is 1.88 bits per heavy atom. The van der Waals surface area contributed by atoms with Crippen molar-refractivity contribution in [1.82, 2.24) is 5.32 Å². The number of rotatable bonds is 6. The van der Waals surface area contributed by atoms with Gasteiger partial charge in [0.2, 0.25) is 0 Å². The van der Waals surface area contributed by atoms with E-state index in [2.05, 4.69) is 10.6 Å². The van der Waals surface area contributed by atoms with Crippen LogP contribution >= 0.6 is 0 Å². The molecule has 0 bridgehead atoms. The van der Waals surface area contributed by atoms with E-state index in [0.717, 1.165) is 34.2 Å². The van der Waals surface area contributed by atoms with Gasteiger partial charge in [0.05, 0.1) is 7.05 Å². The molecule has 126 valence electrons. The quantitative estimate of drug-likeness (QED) is 0.740. The normalized spacial score (nSPS) is 16.4. The van der Waals surface area contributed by atoms with Crippen LogP contribution in [0.15, 0.2) is 42.5 Å². The summed E-state index contributed by atoms with van der Waals surface area (Å²) in [7, 11) is 1.87. The Balaban J connectivity index is 1.58. The second-order valence-electron chi connectivity index (χ2n) is 6.64. The van der Waals surface area contributed by atoms with Gasteiger partial charge in [0.15, 0.2) is 12.6 Å². The van der Waals surface area contributed by atoms with Crippen molar-refractivity contribution in [1.29, 1.82) is 0 Å². The molecule has 2 amide bonds. The van der Waals surface area contributed by atoms with Crippen LogP contribution in [0.2, 0.25) is 0 Å². The minimum atomic E-state index is -0.304. The minimum Gasteiger partial charge on any atom is -0.348 e. The van der Waals surface area contributed by atoms with E-state index >= 15 is 0 Å². The number of benzene rings is 2. The maximum absolute atomic E-state index is 12.4. The van der Waals surface area contributed by atoms with Gasteiger partial charge < -0.3 is 15.5 Å².